The molecule has 1 aromatic carbocycles. The van der Waals surface area contributed by atoms with Gasteiger partial charge >= 0.3 is 0 Å². The summed E-state index contributed by atoms with van der Waals surface area (Å²) in [6.45, 7) is 9.46. The molecule has 2 amide bonds. The Bertz CT molecular complexity index is 1100. The minimum absolute atomic E-state index is 0.0466. The maximum Gasteiger partial charge on any atom is 0.261 e. The SMILES string of the molecule is CCN1CCN(C(=O)c2ccc(N3N=CC(c4ccc(C#N)cc4C)C3=O)nc2)[C@@H](C)C1. The Morgan fingerprint density at radius 2 is 2.06 bits per heavy atom. The van der Waals surface area contributed by atoms with Gasteiger partial charge in [-0.05, 0) is 55.8 Å². The molecule has 1 saturated heterocycles. The first-order valence-corrected chi connectivity index (χ1v) is 10.8. The van der Waals surface area contributed by atoms with Crippen molar-refractivity contribution in [2.45, 2.75) is 32.7 Å². The molecule has 1 aromatic heterocycles. The summed E-state index contributed by atoms with van der Waals surface area (Å²) in [6.07, 6.45) is 3.10. The average molecular weight is 431 g/mol. The van der Waals surface area contributed by atoms with Gasteiger partial charge in [-0.3, -0.25) is 14.5 Å². The molecule has 2 aromatic rings. The molecule has 3 heterocycles. The number of piperazine rings is 1. The van der Waals surface area contributed by atoms with E-state index in [1.807, 2.05) is 11.8 Å². The molecule has 0 bridgehead atoms. The molecular weight excluding hydrogens is 404 g/mol. The van der Waals surface area contributed by atoms with Gasteiger partial charge in [0.25, 0.3) is 11.8 Å². The average Bonchev–Trinajstić information content (AvgIpc) is 3.19. The van der Waals surface area contributed by atoms with E-state index >= 15 is 0 Å². The fourth-order valence-electron chi connectivity index (χ4n) is 4.29. The number of carbonyl (C=O) groups excluding carboxylic acids is 2. The maximum atomic E-state index is 13.0. The van der Waals surface area contributed by atoms with Crippen LogP contribution in [-0.4, -0.2) is 65.0 Å². The molecule has 8 heteroatoms. The standard InChI is InChI=1S/C24H26N6O2/c1-4-28-9-10-29(17(3)15-28)23(31)19-6-8-22(26-13-19)30-24(32)21(14-27-30)20-7-5-18(12-25)11-16(20)2/h5-8,11,13-14,17,21H,4,9-10,15H2,1-3H3/t17-,21?/m0/s1. The van der Waals surface area contributed by atoms with Gasteiger partial charge in [0.05, 0.1) is 17.2 Å². The summed E-state index contributed by atoms with van der Waals surface area (Å²) in [5.41, 5.74) is 2.73. The molecule has 32 heavy (non-hydrogen) atoms. The largest absolute Gasteiger partial charge is 0.333 e. The molecule has 2 atom stereocenters. The first kappa shape index (κ1) is 21.7. The molecule has 8 nitrogen and oxygen atoms in total. The number of nitriles is 1. The predicted molar refractivity (Wildman–Crippen MR) is 121 cm³/mol. The lowest BCUT2D eigenvalue weighted by molar-refractivity contribution is -0.118. The third-order valence-electron chi connectivity index (χ3n) is 6.17. The number of benzene rings is 1. The minimum Gasteiger partial charge on any atom is -0.333 e. The summed E-state index contributed by atoms with van der Waals surface area (Å²) in [7, 11) is 0. The van der Waals surface area contributed by atoms with Crippen LogP contribution in [0.15, 0.2) is 41.6 Å². The van der Waals surface area contributed by atoms with Crippen LogP contribution in [0.1, 0.15) is 46.8 Å². The van der Waals surface area contributed by atoms with Gasteiger partial charge in [0.15, 0.2) is 5.82 Å². The fraction of sp³-hybridized carbons (Fsp3) is 0.375. The Kier molecular flexibility index (Phi) is 6.01. The summed E-state index contributed by atoms with van der Waals surface area (Å²) in [4.78, 5) is 34.5. The zero-order valence-corrected chi connectivity index (χ0v) is 18.5. The minimum atomic E-state index is -0.526. The number of rotatable bonds is 4. The highest BCUT2D eigenvalue weighted by Gasteiger charge is 2.33. The smallest absolute Gasteiger partial charge is 0.261 e. The highest BCUT2D eigenvalue weighted by molar-refractivity contribution is 6.12. The first-order valence-electron chi connectivity index (χ1n) is 10.8. The summed E-state index contributed by atoms with van der Waals surface area (Å²) in [6, 6.07) is 10.9. The topological polar surface area (TPSA) is 92.9 Å². The van der Waals surface area contributed by atoms with Crippen molar-refractivity contribution >= 4 is 23.8 Å². The number of likely N-dealkylation sites (N-methyl/N-ethyl adjacent to an activating group) is 1. The van der Waals surface area contributed by atoms with Gasteiger partial charge in [-0.15, -0.1) is 0 Å². The summed E-state index contributed by atoms with van der Waals surface area (Å²) in [5, 5.41) is 14.6. The molecule has 1 unspecified atom stereocenters. The number of aryl methyl sites for hydroxylation is 1. The zero-order valence-electron chi connectivity index (χ0n) is 18.5. The molecule has 2 aliphatic heterocycles. The lowest BCUT2D eigenvalue weighted by Crippen LogP contribution is -2.53. The Morgan fingerprint density at radius 1 is 1.25 bits per heavy atom. The molecule has 164 valence electrons. The van der Waals surface area contributed by atoms with Crippen molar-refractivity contribution in [1.29, 1.82) is 5.26 Å². The number of hydrazone groups is 1. The van der Waals surface area contributed by atoms with E-state index in [9.17, 15) is 9.59 Å². The normalized spacial score (nSPS) is 21.1. The number of nitrogens with zero attached hydrogens (tertiary/aromatic N) is 6. The quantitative estimate of drug-likeness (QED) is 0.743. The van der Waals surface area contributed by atoms with E-state index in [0.29, 0.717) is 23.5 Å². The van der Waals surface area contributed by atoms with Gasteiger partial charge in [0.2, 0.25) is 0 Å². The van der Waals surface area contributed by atoms with Crippen LogP contribution in [0, 0.1) is 18.3 Å². The number of amides is 2. The number of carbonyl (C=O) groups is 2. The Labute approximate surface area is 187 Å². The number of anilines is 1. The van der Waals surface area contributed by atoms with E-state index in [-0.39, 0.29) is 17.9 Å². The molecule has 0 saturated carbocycles. The maximum absolute atomic E-state index is 13.0. The van der Waals surface area contributed by atoms with Crippen LogP contribution in [0.4, 0.5) is 5.82 Å². The molecule has 4 rings (SSSR count). The second-order valence-electron chi connectivity index (χ2n) is 8.22. The monoisotopic (exact) mass is 430 g/mol. The van der Waals surface area contributed by atoms with Crippen LogP contribution in [-0.2, 0) is 4.79 Å². The molecule has 0 aliphatic carbocycles. The van der Waals surface area contributed by atoms with Crippen molar-refractivity contribution in [3.8, 4) is 6.07 Å². The second kappa shape index (κ2) is 8.89. The van der Waals surface area contributed by atoms with E-state index in [2.05, 4.69) is 34.9 Å². The van der Waals surface area contributed by atoms with Crippen LogP contribution < -0.4 is 5.01 Å². The van der Waals surface area contributed by atoms with Crippen LogP contribution in [0.2, 0.25) is 0 Å². The Morgan fingerprint density at radius 3 is 2.69 bits per heavy atom. The van der Waals surface area contributed by atoms with Gasteiger partial charge < -0.3 is 4.90 Å². The second-order valence-corrected chi connectivity index (χ2v) is 8.22. The van der Waals surface area contributed by atoms with Crippen molar-refractivity contribution in [2.75, 3.05) is 31.2 Å². The summed E-state index contributed by atoms with van der Waals surface area (Å²) < 4.78 is 0. The van der Waals surface area contributed by atoms with Crippen LogP contribution >= 0.6 is 0 Å². The third kappa shape index (κ3) is 3.99. The Hall–Kier alpha value is -3.57. The molecule has 2 aliphatic rings. The molecule has 1 fully saturated rings. The van der Waals surface area contributed by atoms with Crippen molar-refractivity contribution in [1.82, 2.24) is 14.8 Å². The summed E-state index contributed by atoms with van der Waals surface area (Å²) >= 11 is 0. The van der Waals surface area contributed by atoms with Crippen molar-refractivity contribution < 1.29 is 9.59 Å². The number of hydrogen-bond acceptors (Lipinski definition) is 6. The fourth-order valence-corrected chi connectivity index (χ4v) is 4.29. The van der Waals surface area contributed by atoms with Crippen LogP contribution in [0.25, 0.3) is 0 Å². The number of hydrogen-bond donors (Lipinski definition) is 0. The highest BCUT2D eigenvalue weighted by Crippen LogP contribution is 2.28. The lowest BCUT2D eigenvalue weighted by atomic mass is 9.94. The predicted octanol–water partition coefficient (Wildman–Crippen LogP) is 2.54. The number of aromatic nitrogens is 1. The lowest BCUT2D eigenvalue weighted by Gasteiger charge is -2.39. The van der Waals surface area contributed by atoms with E-state index in [1.165, 1.54) is 11.2 Å². The zero-order chi connectivity index (χ0) is 22.8. The number of pyridine rings is 1. The van der Waals surface area contributed by atoms with Gasteiger partial charge in [-0.2, -0.15) is 15.4 Å². The van der Waals surface area contributed by atoms with Crippen molar-refractivity contribution in [3.63, 3.8) is 0 Å². The van der Waals surface area contributed by atoms with E-state index in [4.69, 9.17) is 5.26 Å². The van der Waals surface area contributed by atoms with E-state index < -0.39 is 5.92 Å². The Balaban J connectivity index is 1.47. The van der Waals surface area contributed by atoms with Crippen molar-refractivity contribution in [2.24, 2.45) is 5.10 Å². The van der Waals surface area contributed by atoms with Gasteiger partial charge in [-0.25, -0.2) is 4.98 Å². The first-order chi connectivity index (χ1) is 15.4. The third-order valence-corrected chi connectivity index (χ3v) is 6.17. The molecule has 0 radical (unpaired) electrons. The molecular formula is C24H26N6O2. The molecule has 0 spiro atoms. The summed E-state index contributed by atoms with van der Waals surface area (Å²) in [5.74, 6) is -0.412. The van der Waals surface area contributed by atoms with E-state index in [0.717, 1.165) is 30.8 Å². The van der Waals surface area contributed by atoms with Gasteiger partial charge in [-0.1, -0.05) is 13.0 Å². The van der Waals surface area contributed by atoms with Gasteiger partial charge in [0, 0.05) is 38.1 Å². The van der Waals surface area contributed by atoms with Crippen molar-refractivity contribution in [3.05, 3.63) is 58.8 Å². The van der Waals surface area contributed by atoms with Crippen LogP contribution in [0.5, 0.6) is 0 Å². The molecule has 0 N–H and O–H groups in total. The highest BCUT2D eigenvalue weighted by atomic mass is 16.2. The van der Waals surface area contributed by atoms with Gasteiger partial charge in [0.1, 0.15) is 5.92 Å². The van der Waals surface area contributed by atoms with Crippen LogP contribution in [0.3, 0.4) is 0 Å². The van der Waals surface area contributed by atoms with E-state index in [1.54, 1.807) is 36.5 Å².